The van der Waals surface area contributed by atoms with Crippen LogP contribution in [0.2, 0.25) is 5.02 Å². The Kier molecular flexibility index (Phi) is 7.62. The van der Waals surface area contributed by atoms with E-state index in [4.69, 9.17) is 11.6 Å². The Morgan fingerprint density at radius 3 is 2.54 bits per heavy atom. The third-order valence-electron chi connectivity index (χ3n) is 6.81. The van der Waals surface area contributed by atoms with E-state index in [0.717, 1.165) is 36.8 Å². The first-order valence-corrected chi connectivity index (χ1v) is 14.9. The Bertz CT molecular complexity index is 1480. The van der Waals surface area contributed by atoms with Crippen molar-refractivity contribution < 1.29 is 13.2 Å². The number of fused-ring (bicyclic) bond motifs is 1. The molecular formula is C26H28ClN5O3S2. The van der Waals surface area contributed by atoms with Gasteiger partial charge in [-0.15, -0.1) is 0 Å². The number of amides is 1. The van der Waals surface area contributed by atoms with E-state index >= 15 is 0 Å². The van der Waals surface area contributed by atoms with Gasteiger partial charge >= 0.3 is 0 Å². The molecule has 0 atom stereocenters. The molecule has 1 amide bonds. The van der Waals surface area contributed by atoms with E-state index in [1.165, 1.54) is 27.8 Å². The van der Waals surface area contributed by atoms with Crippen LogP contribution in [-0.4, -0.2) is 53.0 Å². The second-order valence-corrected chi connectivity index (χ2v) is 12.6. The van der Waals surface area contributed by atoms with Crippen LogP contribution in [0, 0.1) is 0 Å². The van der Waals surface area contributed by atoms with Gasteiger partial charge in [-0.1, -0.05) is 48.3 Å². The number of hydrogen-bond acceptors (Lipinski definition) is 6. The van der Waals surface area contributed by atoms with Crippen molar-refractivity contribution in [3.8, 4) is 0 Å². The summed E-state index contributed by atoms with van der Waals surface area (Å²) in [5.41, 5.74) is 1.03. The lowest BCUT2D eigenvalue weighted by atomic mass is 9.96. The molecule has 2 aromatic carbocycles. The molecule has 1 fully saturated rings. The summed E-state index contributed by atoms with van der Waals surface area (Å²) in [6, 6.07) is 13.6. The fourth-order valence-corrected chi connectivity index (χ4v) is 7.38. The molecule has 4 aromatic rings. The van der Waals surface area contributed by atoms with Gasteiger partial charge < -0.3 is 0 Å². The molecule has 11 heteroatoms. The number of anilines is 1. The van der Waals surface area contributed by atoms with Crippen LogP contribution in [0.4, 0.5) is 5.13 Å². The average molecular weight is 558 g/mol. The van der Waals surface area contributed by atoms with Crippen LogP contribution in [0.15, 0.2) is 65.8 Å². The summed E-state index contributed by atoms with van der Waals surface area (Å²) in [5.74, 6) is -0.271. The highest BCUT2D eigenvalue weighted by Crippen LogP contribution is 2.34. The van der Waals surface area contributed by atoms with Gasteiger partial charge in [-0.2, -0.15) is 9.40 Å². The predicted octanol–water partition coefficient (Wildman–Crippen LogP) is 5.45. The lowest BCUT2D eigenvalue weighted by molar-refractivity contribution is 0.0985. The summed E-state index contributed by atoms with van der Waals surface area (Å²) in [6.45, 7) is 0.809. The van der Waals surface area contributed by atoms with E-state index in [1.807, 2.05) is 24.4 Å². The van der Waals surface area contributed by atoms with Gasteiger partial charge in [0.15, 0.2) is 5.13 Å². The zero-order valence-corrected chi connectivity index (χ0v) is 22.8. The molecule has 8 nitrogen and oxygen atoms in total. The molecule has 0 radical (unpaired) electrons. The van der Waals surface area contributed by atoms with E-state index < -0.39 is 10.0 Å². The molecule has 1 aliphatic rings. The number of sulfonamides is 1. The van der Waals surface area contributed by atoms with Crippen LogP contribution in [0.1, 0.15) is 42.5 Å². The lowest BCUT2D eigenvalue weighted by Gasteiger charge is -2.30. The smallest absolute Gasteiger partial charge is 0.260 e. The molecule has 1 saturated carbocycles. The van der Waals surface area contributed by atoms with Crippen molar-refractivity contribution in [2.24, 2.45) is 0 Å². The molecule has 0 aliphatic heterocycles. The summed E-state index contributed by atoms with van der Waals surface area (Å²) in [4.78, 5) is 20.1. The number of thiazole rings is 1. The fraction of sp³-hybridized carbons (Fsp3) is 0.346. The van der Waals surface area contributed by atoms with Crippen LogP contribution in [0.5, 0.6) is 0 Å². The summed E-state index contributed by atoms with van der Waals surface area (Å²) in [7, 11) is -1.99. The molecule has 0 saturated heterocycles. The fourth-order valence-electron chi connectivity index (χ4n) is 4.67. The van der Waals surface area contributed by atoms with Gasteiger partial charge in [-0.3, -0.25) is 14.4 Å². The quantitative estimate of drug-likeness (QED) is 0.287. The maximum absolute atomic E-state index is 13.7. The maximum atomic E-state index is 13.7. The zero-order valence-electron chi connectivity index (χ0n) is 20.5. The van der Waals surface area contributed by atoms with Crippen molar-refractivity contribution in [3.05, 3.63) is 71.5 Å². The largest absolute Gasteiger partial charge is 0.282 e. The van der Waals surface area contributed by atoms with Crippen LogP contribution in [-0.2, 0) is 16.6 Å². The van der Waals surface area contributed by atoms with Gasteiger partial charge in [-0.25, -0.2) is 13.4 Å². The molecule has 37 heavy (non-hydrogen) atoms. The van der Waals surface area contributed by atoms with Gasteiger partial charge in [-0.05, 0) is 55.3 Å². The average Bonchev–Trinajstić information content (AvgIpc) is 3.60. The molecule has 5 rings (SSSR count). The van der Waals surface area contributed by atoms with Gasteiger partial charge in [0.25, 0.3) is 5.91 Å². The number of benzene rings is 2. The second-order valence-electron chi connectivity index (χ2n) is 9.15. The Morgan fingerprint density at radius 1 is 1.11 bits per heavy atom. The van der Waals surface area contributed by atoms with Crippen molar-refractivity contribution in [2.75, 3.05) is 18.5 Å². The summed E-state index contributed by atoms with van der Waals surface area (Å²) in [5, 5.41) is 5.28. The third kappa shape index (κ3) is 5.43. The Hall–Kier alpha value is -2.79. The lowest BCUT2D eigenvalue weighted by Crippen LogP contribution is -2.38. The van der Waals surface area contributed by atoms with Crippen LogP contribution < -0.4 is 4.90 Å². The highest BCUT2D eigenvalue weighted by molar-refractivity contribution is 7.89. The number of halogens is 1. The summed E-state index contributed by atoms with van der Waals surface area (Å²) >= 11 is 7.72. The van der Waals surface area contributed by atoms with Gasteiger partial charge in [0.05, 0.1) is 21.2 Å². The van der Waals surface area contributed by atoms with Gasteiger partial charge in [0, 0.05) is 37.6 Å². The maximum Gasteiger partial charge on any atom is 0.260 e. The van der Waals surface area contributed by atoms with E-state index in [2.05, 4.69) is 10.1 Å². The van der Waals surface area contributed by atoms with Gasteiger partial charge in [0.1, 0.15) is 5.52 Å². The standard InChI is InChI=1S/C26H28ClN5O3S2/c1-30(20-7-3-2-4-8-20)37(34,35)21-13-11-19(12-14-21)25(33)32(18-17-31-16-6-15-28-31)26-29-24-22(27)9-5-10-23(24)36-26/h5-6,9-16,20H,2-4,7-8,17-18H2,1H3. The topological polar surface area (TPSA) is 88.4 Å². The number of rotatable bonds is 8. The first-order chi connectivity index (χ1) is 17.8. The van der Waals surface area contributed by atoms with E-state index in [-0.39, 0.29) is 16.8 Å². The van der Waals surface area contributed by atoms with Crippen molar-refractivity contribution >= 4 is 54.2 Å². The molecule has 2 heterocycles. The summed E-state index contributed by atoms with van der Waals surface area (Å²) < 4.78 is 30.6. The number of hydrogen-bond donors (Lipinski definition) is 0. The van der Waals surface area contributed by atoms with Crippen LogP contribution in [0.3, 0.4) is 0 Å². The van der Waals surface area contributed by atoms with Crippen molar-refractivity contribution in [1.82, 2.24) is 19.1 Å². The molecule has 0 N–H and O–H groups in total. The zero-order chi connectivity index (χ0) is 26.0. The molecule has 194 valence electrons. The number of carbonyl (C=O) groups is 1. The first kappa shape index (κ1) is 25.8. The second kappa shape index (κ2) is 10.9. The Labute approximate surface area is 225 Å². The molecular weight excluding hydrogens is 530 g/mol. The Morgan fingerprint density at radius 2 is 1.86 bits per heavy atom. The number of carbonyl (C=O) groups excluding carboxylic acids is 1. The molecule has 0 spiro atoms. The number of para-hydroxylation sites is 1. The normalized spacial score (nSPS) is 14.9. The predicted molar refractivity (Wildman–Crippen MR) is 147 cm³/mol. The highest BCUT2D eigenvalue weighted by atomic mass is 35.5. The minimum absolute atomic E-state index is 0.0173. The summed E-state index contributed by atoms with van der Waals surface area (Å²) in [6.07, 6.45) is 8.52. The minimum Gasteiger partial charge on any atom is -0.282 e. The van der Waals surface area contributed by atoms with Crippen molar-refractivity contribution in [2.45, 2.75) is 49.6 Å². The molecule has 0 unspecified atom stereocenters. The van der Waals surface area contributed by atoms with Crippen molar-refractivity contribution in [3.63, 3.8) is 0 Å². The third-order valence-corrected chi connectivity index (χ3v) is 10.1. The van der Waals surface area contributed by atoms with Crippen molar-refractivity contribution in [1.29, 1.82) is 0 Å². The number of aromatic nitrogens is 3. The van der Waals surface area contributed by atoms with E-state index in [9.17, 15) is 13.2 Å². The Balaban J connectivity index is 1.41. The van der Waals surface area contributed by atoms with Crippen LogP contribution >= 0.6 is 22.9 Å². The molecule has 1 aliphatic carbocycles. The highest BCUT2D eigenvalue weighted by Gasteiger charge is 2.29. The van der Waals surface area contributed by atoms with E-state index in [0.29, 0.717) is 34.3 Å². The SMILES string of the molecule is CN(C1CCCCC1)S(=O)(=O)c1ccc(C(=O)N(CCn2cccn2)c2nc3c(Cl)cccc3s2)cc1. The molecule has 2 aromatic heterocycles. The minimum atomic E-state index is -3.64. The van der Waals surface area contributed by atoms with Crippen LogP contribution in [0.25, 0.3) is 10.2 Å². The van der Waals surface area contributed by atoms with Gasteiger partial charge in [0.2, 0.25) is 10.0 Å². The monoisotopic (exact) mass is 557 g/mol. The van der Waals surface area contributed by atoms with E-state index in [1.54, 1.807) is 41.0 Å². The molecule has 0 bridgehead atoms. The first-order valence-electron chi connectivity index (χ1n) is 12.3. The number of nitrogens with zero attached hydrogens (tertiary/aromatic N) is 5.